The Bertz CT molecular complexity index is 355. The number of nitrogens with zero attached hydrogens (tertiary/aromatic N) is 1. The van der Waals surface area contributed by atoms with E-state index in [0.717, 1.165) is 5.56 Å². The average Bonchev–Trinajstić information content (AvgIpc) is 2.20. The van der Waals surface area contributed by atoms with Gasteiger partial charge in [-0.1, -0.05) is 11.6 Å². The maximum absolute atomic E-state index is 11.4. The van der Waals surface area contributed by atoms with Gasteiger partial charge in [0, 0.05) is 12.6 Å². The number of halogens is 1. The summed E-state index contributed by atoms with van der Waals surface area (Å²) in [4.78, 5) is 15.3. The molecule has 0 atom stereocenters. The van der Waals surface area contributed by atoms with E-state index in [2.05, 4.69) is 10.3 Å². The third kappa shape index (κ3) is 3.85. The number of pyridine rings is 1. The summed E-state index contributed by atoms with van der Waals surface area (Å²) >= 11 is 5.82. The molecule has 3 N–H and O–H groups in total. The van der Waals surface area contributed by atoms with E-state index >= 15 is 0 Å². The molecule has 0 aromatic carbocycles. The van der Waals surface area contributed by atoms with Gasteiger partial charge in [0.1, 0.15) is 0 Å². The third-order valence-electron chi connectivity index (χ3n) is 1.86. The lowest BCUT2D eigenvalue weighted by atomic mass is 10.2. The lowest BCUT2D eigenvalue weighted by molar-refractivity contribution is -0.116. The molecule has 0 aliphatic carbocycles. The van der Waals surface area contributed by atoms with Gasteiger partial charge in [-0.2, -0.15) is 0 Å². The summed E-state index contributed by atoms with van der Waals surface area (Å²) in [5, 5.41) is 3.00. The molecule has 0 aliphatic heterocycles. The molecule has 0 fully saturated rings. The third-order valence-corrected chi connectivity index (χ3v) is 2.16. The highest BCUT2D eigenvalue weighted by molar-refractivity contribution is 6.32. The lowest BCUT2D eigenvalue weighted by Crippen LogP contribution is -2.14. The van der Waals surface area contributed by atoms with Gasteiger partial charge in [-0.05, 0) is 31.5 Å². The summed E-state index contributed by atoms with van der Waals surface area (Å²) in [7, 11) is 0. The first-order chi connectivity index (χ1) is 7.13. The van der Waals surface area contributed by atoms with Crippen molar-refractivity contribution in [3.05, 3.63) is 23.0 Å². The average molecular weight is 228 g/mol. The zero-order valence-electron chi connectivity index (χ0n) is 8.59. The van der Waals surface area contributed by atoms with Gasteiger partial charge in [-0.15, -0.1) is 0 Å². The van der Waals surface area contributed by atoms with E-state index in [4.69, 9.17) is 17.3 Å². The topological polar surface area (TPSA) is 68.0 Å². The summed E-state index contributed by atoms with van der Waals surface area (Å²) in [6, 6.07) is 1.79. The minimum absolute atomic E-state index is 0.0882. The Hall–Kier alpha value is -1.13. The number of carbonyl (C=O) groups is 1. The first-order valence-corrected chi connectivity index (χ1v) is 5.13. The molecule has 1 aromatic heterocycles. The maximum Gasteiger partial charge on any atom is 0.224 e. The van der Waals surface area contributed by atoms with Crippen LogP contribution in [0.1, 0.15) is 18.4 Å². The number of nitrogens with two attached hydrogens (primary N) is 1. The second kappa shape index (κ2) is 5.68. The summed E-state index contributed by atoms with van der Waals surface area (Å²) in [6.45, 7) is 2.39. The number of hydrogen-bond donors (Lipinski definition) is 2. The number of anilines is 1. The molecule has 4 nitrogen and oxygen atoms in total. The van der Waals surface area contributed by atoms with Crippen molar-refractivity contribution < 1.29 is 4.79 Å². The van der Waals surface area contributed by atoms with Crippen LogP contribution in [-0.4, -0.2) is 17.4 Å². The van der Waals surface area contributed by atoms with Crippen molar-refractivity contribution in [1.29, 1.82) is 0 Å². The number of aryl methyl sites for hydroxylation is 1. The SMILES string of the molecule is Cc1cnc(Cl)c(NC(=O)CCCN)c1. The van der Waals surface area contributed by atoms with Gasteiger partial charge in [0.15, 0.2) is 5.15 Å². The molecule has 0 unspecified atom stereocenters. The minimum Gasteiger partial charge on any atom is -0.330 e. The van der Waals surface area contributed by atoms with E-state index < -0.39 is 0 Å². The Kier molecular flexibility index (Phi) is 4.52. The van der Waals surface area contributed by atoms with Crippen molar-refractivity contribution >= 4 is 23.2 Å². The van der Waals surface area contributed by atoms with Gasteiger partial charge in [0.05, 0.1) is 5.69 Å². The molecule has 5 heteroatoms. The van der Waals surface area contributed by atoms with Crippen molar-refractivity contribution in [2.75, 3.05) is 11.9 Å². The highest BCUT2D eigenvalue weighted by Gasteiger charge is 2.06. The van der Waals surface area contributed by atoms with E-state index in [0.29, 0.717) is 30.2 Å². The van der Waals surface area contributed by atoms with Crippen molar-refractivity contribution in [3.63, 3.8) is 0 Å². The molecule has 1 amide bonds. The quantitative estimate of drug-likeness (QED) is 0.770. The Morgan fingerprint density at radius 3 is 3.07 bits per heavy atom. The first kappa shape index (κ1) is 11.9. The maximum atomic E-state index is 11.4. The first-order valence-electron chi connectivity index (χ1n) is 4.75. The normalized spacial score (nSPS) is 10.1. The van der Waals surface area contributed by atoms with Crippen molar-refractivity contribution in [2.24, 2.45) is 5.73 Å². The fourth-order valence-corrected chi connectivity index (χ4v) is 1.27. The summed E-state index contributed by atoms with van der Waals surface area (Å²) in [5.41, 5.74) is 6.81. The standard InChI is InChI=1S/C10H14ClN3O/c1-7-5-8(10(11)13-6-7)14-9(15)3-2-4-12/h5-6H,2-4,12H2,1H3,(H,14,15). The molecule has 82 valence electrons. The van der Waals surface area contributed by atoms with Gasteiger partial charge in [-0.25, -0.2) is 4.98 Å². The van der Waals surface area contributed by atoms with Crippen molar-refractivity contribution in [1.82, 2.24) is 4.98 Å². The second-order valence-electron chi connectivity index (χ2n) is 3.29. The Morgan fingerprint density at radius 1 is 1.67 bits per heavy atom. The second-order valence-corrected chi connectivity index (χ2v) is 3.65. The fourth-order valence-electron chi connectivity index (χ4n) is 1.12. The highest BCUT2D eigenvalue weighted by Crippen LogP contribution is 2.19. The van der Waals surface area contributed by atoms with E-state index in [1.807, 2.05) is 6.92 Å². The van der Waals surface area contributed by atoms with Gasteiger partial charge in [0.25, 0.3) is 0 Å². The Labute approximate surface area is 93.8 Å². The van der Waals surface area contributed by atoms with Crippen LogP contribution in [-0.2, 0) is 4.79 Å². The zero-order valence-corrected chi connectivity index (χ0v) is 9.34. The minimum atomic E-state index is -0.0882. The summed E-state index contributed by atoms with van der Waals surface area (Å²) < 4.78 is 0. The van der Waals surface area contributed by atoms with E-state index in [1.54, 1.807) is 12.3 Å². The smallest absolute Gasteiger partial charge is 0.224 e. The Balaban J connectivity index is 2.63. The predicted molar refractivity (Wildman–Crippen MR) is 60.9 cm³/mol. The number of carbonyl (C=O) groups excluding carboxylic acids is 1. The van der Waals surface area contributed by atoms with Crippen LogP contribution in [0, 0.1) is 6.92 Å². The van der Waals surface area contributed by atoms with Crippen LogP contribution >= 0.6 is 11.6 Å². The van der Waals surface area contributed by atoms with Crippen LogP contribution in [0.3, 0.4) is 0 Å². The zero-order chi connectivity index (χ0) is 11.3. The van der Waals surface area contributed by atoms with Crippen LogP contribution in [0.4, 0.5) is 5.69 Å². The predicted octanol–water partition coefficient (Wildman–Crippen LogP) is 1.72. The van der Waals surface area contributed by atoms with Crippen LogP contribution in [0.5, 0.6) is 0 Å². The summed E-state index contributed by atoms with van der Waals surface area (Å²) in [5.74, 6) is -0.0882. The largest absolute Gasteiger partial charge is 0.330 e. The molecule has 0 saturated heterocycles. The van der Waals surface area contributed by atoms with Gasteiger partial charge >= 0.3 is 0 Å². The van der Waals surface area contributed by atoms with E-state index in [-0.39, 0.29) is 5.91 Å². The number of nitrogens with one attached hydrogen (secondary N) is 1. The van der Waals surface area contributed by atoms with E-state index in [1.165, 1.54) is 0 Å². The van der Waals surface area contributed by atoms with Crippen LogP contribution in [0.15, 0.2) is 12.3 Å². The molecule has 1 heterocycles. The van der Waals surface area contributed by atoms with E-state index in [9.17, 15) is 4.79 Å². The van der Waals surface area contributed by atoms with Crippen molar-refractivity contribution in [2.45, 2.75) is 19.8 Å². The van der Waals surface area contributed by atoms with Crippen LogP contribution < -0.4 is 11.1 Å². The summed E-state index contributed by atoms with van der Waals surface area (Å²) in [6.07, 6.45) is 2.72. The molecule has 0 spiro atoms. The molecule has 1 rings (SSSR count). The number of aromatic nitrogens is 1. The Morgan fingerprint density at radius 2 is 2.40 bits per heavy atom. The van der Waals surface area contributed by atoms with Crippen LogP contribution in [0.2, 0.25) is 5.15 Å². The lowest BCUT2D eigenvalue weighted by Gasteiger charge is -2.06. The monoisotopic (exact) mass is 227 g/mol. The molecule has 0 radical (unpaired) electrons. The van der Waals surface area contributed by atoms with Gasteiger partial charge in [0.2, 0.25) is 5.91 Å². The molecule has 0 bridgehead atoms. The van der Waals surface area contributed by atoms with Gasteiger partial charge in [-0.3, -0.25) is 4.79 Å². The number of hydrogen-bond acceptors (Lipinski definition) is 3. The number of amides is 1. The highest BCUT2D eigenvalue weighted by atomic mass is 35.5. The van der Waals surface area contributed by atoms with Gasteiger partial charge < -0.3 is 11.1 Å². The molecule has 1 aromatic rings. The fraction of sp³-hybridized carbons (Fsp3) is 0.400. The van der Waals surface area contributed by atoms with Crippen LogP contribution in [0.25, 0.3) is 0 Å². The molecular formula is C10H14ClN3O. The number of rotatable bonds is 4. The molecule has 0 saturated carbocycles. The molecule has 15 heavy (non-hydrogen) atoms. The molecule has 0 aliphatic rings. The van der Waals surface area contributed by atoms with Crippen molar-refractivity contribution in [3.8, 4) is 0 Å². The molecular weight excluding hydrogens is 214 g/mol.